The van der Waals surface area contributed by atoms with Crippen LogP contribution in [0.25, 0.3) is 6.08 Å². The predicted molar refractivity (Wildman–Crippen MR) is 83.1 cm³/mol. The molecular weight excluding hydrogens is 265 g/mol. The maximum Gasteiger partial charge on any atom is 0.494 e. The fourth-order valence-electron chi connectivity index (χ4n) is 2.27. The molecule has 4 nitrogen and oxygen atoms in total. The van der Waals surface area contributed by atoms with Crippen molar-refractivity contribution >= 4 is 24.9 Å². The Hall–Kier alpha value is -1.81. The monoisotopic (exact) mass is 283 g/mol. The maximum absolute atomic E-state index is 7.19. The molecule has 1 saturated heterocycles. The van der Waals surface area contributed by atoms with Crippen LogP contribution in [0.15, 0.2) is 29.7 Å². The lowest BCUT2D eigenvalue weighted by Gasteiger charge is -2.32. The SMILES string of the molecule is CC1(C)OB(c2ccc3c(c2)C=C=C(C=N)O3)OC1(C)C. The minimum absolute atomic E-state index is 0.354. The molecule has 0 spiro atoms. The third-order valence-electron chi connectivity index (χ3n) is 4.28. The molecule has 0 radical (unpaired) electrons. The van der Waals surface area contributed by atoms with Gasteiger partial charge in [-0.05, 0) is 45.3 Å². The number of benzene rings is 1. The number of rotatable bonds is 2. The van der Waals surface area contributed by atoms with E-state index in [0.717, 1.165) is 17.2 Å². The molecule has 0 aromatic heterocycles. The number of fused-ring (bicyclic) bond motifs is 1. The van der Waals surface area contributed by atoms with Crippen molar-refractivity contribution in [2.75, 3.05) is 0 Å². The molecule has 1 N–H and O–H groups in total. The van der Waals surface area contributed by atoms with Gasteiger partial charge in [-0.2, -0.15) is 0 Å². The van der Waals surface area contributed by atoms with Crippen LogP contribution >= 0.6 is 0 Å². The van der Waals surface area contributed by atoms with Crippen LogP contribution in [0.3, 0.4) is 0 Å². The quantitative estimate of drug-likeness (QED) is 0.515. The van der Waals surface area contributed by atoms with Gasteiger partial charge in [-0.3, -0.25) is 0 Å². The highest BCUT2D eigenvalue weighted by atomic mass is 16.7. The highest BCUT2D eigenvalue weighted by molar-refractivity contribution is 6.62. The molecule has 5 heteroatoms. The number of nitrogens with one attached hydrogen (secondary N) is 1. The average molecular weight is 283 g/mol. The number of allylic oxidation sites excluding steroid dienone is 1. The van der Waals surface area contributed by atoms with Gasteiger partial charge in [0.1, 0.15) is 5.75 Å². The zero-order valence-electron chi connectivity index (χ0n) is 12.7. The third kappa shape index (κ3) is 2.34. The molecule has 2 aliphatic heterocycles. The van der Waals surface area contributed by atoms with E-state index >= 15 is 0 Å². The third-order valence-corrected chi connectivity index (χ3v) is 4.28. The summed E-state index contributed by atoms with van der Waals surface area (Å²) in [5, 5.41) is 7.19. The van der Waals surface area contributed by atoms with E-state index in [1.54, 1.807) is 0 Å². The predicted octanol–water partition coefficient (Wildman–Crippen LogP) is 2.52. The second-order valence-electron chi connectivity index (χ2n) is 6.28. The van der Waals surface area contributed by atoms with Gasteiger partial charge in [0.05, 0.1) is 17.4 Å². The van der Waals surface area contributed by atoms with E-state index in [0.29, 0.717) is 11.5 Å². The molecule has 2 heterocycles. The molecular formula is C16H18BNO3. The zero-order valence-corrected chi connectivity index (χ0v) is 12.7. The van der Waals surface area contributed by atoms with Crippen molar-refractivity contribution < 1.29 is 14.0 Å². The first-order valence-corrected chi connectivity index (χ1v) is 6.97. The summed E-state index contributed by atoms with van der Waals surface area (Å²) in [6.07, 6.45) is 2.95. The molecule has 108 valence electrons. The second-order valence-corrected chi connectivity index (χ2v) is 6.28. The van der Waals surface area contributed by atoms with Gasteiger partial charge in [0.25, 0.3) is 0 Å². The largest absolute Gasteiger partial charge is 0.494 e. The molecule has 3 rings (SSSR count). The number of hydrogen-bond donors (Lipinski definition) is 1. The first-order chi connectivity index (χ1) is 9.82. The molecule has 0 bridgehead atoms. The van der Waals surface area contributed by atoms with Crippen molar-refractivity contribution in [1.29, 1.82) is 5.41 Å². The van der Waals surface area contributed by atoms with Gasteiger partial charge in [-0.15, -0.1) is 0 Å². The Morgan fingerprint density at radius 1 is 1.14 bits per heavy atom. The molecule has 1 aromatic carbocycles. The summed E-state index contributed by atoms with van der Waals surface area (Å²) >= 11 is 0. The summed E-state index contributed by atoms with van der Waals surface area (Å²) in [5.74, 6) is 1.12. The molecule has 0 saturated carbocycles. The van der Waals surface area contributed by atoms with E-state index < -0.39 is 0 Å². The van der Waals surface area contributed by atoms with E-state index in [9.17, 15) is 0 Å². The van der Waals surface area contributed by atoms with E-state index in [1.807, 2.05) is 52.0 Å². The Morgan fingerprint density at radius 2 is 1.81 bits per heavy atom. The van der Waals surface area contributed by atoms with E-state index in [4.69, 9.17) is 19.5 Å². The van der Waals surface area contributed by atoms with Crippen LogP contribution in [-0.2, 0) is 9.31 Å². The maximum atomic E-state index is 7.19. The van der Waals surface area contributed by atoms with Crippen molar-refractivity contribution in [2.24, 2.45) is 0 Å². The summed E-state index contributed by atoms with van der Waals surface area (Å²) in [6, 6.07) is 5.78. The molecule has 1 aromatic rings. The van der Waals surface area contributed by atoms with Crippen LogP contribution in [0.1, 0.15) is 33.3 Å². The van der Waals surface area contributed by atoms with Crippen LogP contribution < -0.4 is 10.2 Å². The fraction of sp³-hybridized carbons (Fsp3) is 0.375. The van der Waals surface area contributed by atoms with Crippen LogP contribution in [-0.4, -0.2) is 24.5 Å². The van der Waals surface area contributed by atoms with Gasteiger partial charge in [0, 0.05) is 5.56 Å². The van der Waals surface area contributed by atoms with Crippen molar-refractivity contribution in [2.45, 2.75) is 38.9 Å². The molecule has 0 aliphatic carbocycles. The van der Waals surface area contributed by atoms with Gasteiger partial charge in [-0.1, -0.05) is 17.9 Å². The lowest BCUT2D eigenvalue weighted by Crippen LogP contribution is -2.41. The highest BCUT2D eigenvalue weighted by Gasteiger charge is 2.51. The fourth-order valence-corrected chi connectivity index (χ4v) is 2.27. The van der Waals surface area contributed by atoms with Gasteiger partial charge in [0.2, 0.25) is 0 Å². The average Bonchev–Trinajstić information content (AvgIpc) is 2.66. The Kier molecular flexibility index (Phi) is 3.10. The topological polar surface area (TPSA) is 51.5 Å². The summed E-state index contributed by atoms with van der Waals surface area (Å²) < 4.78 is 17.6. The van der Waals surface area contributed by atoms with Gasteiger partial charge >= 0.3 is 7.12 Å². The standard InChI is InChI=1S/C16H18BNO3/c1-15(2)16(3,4)21-17(20-15)12-6-8-14-11(9-12)5-7-13(10-18)19-14/h5-6,8-10,18H,1-4H3. The van der Waals surface area contributed by atoms with E-state index in [-0.39, 0.29) is 18.3 Å². The minimum Gasteiger partial charge on any atom is -0.447 e. The smallest absolute Gasteiger partial charge is 0.447 e. The first-order valence-electron chi connectivity index (χ1n) is 6.97. The Balaban J connectivity index is 1.92. The molecule has 0 atom stereocenters. The van der Waals surface area contributed by atoms with Crippen molar-refractivity contribution in [3.05, 3.63) is 35.3 Å². The Labute approximate surface area is 125 Å². The van der Waals surface area contributed by atoms with Crippen LogP contribution in [0.2, 0.25) is 0 Å². The van der Waals surface area contributed by atoms with Gasteiger partial charge in [0.15, 0.2) is 5.76 Å². The lowest BCUT2D eigenvalue weighted by atomic mass is 9.78. The van der Waals surface area contributed by atoms with E-state index in [2.05, 4.69) is 5.73 Å². The summed E-state index contributed by atoms with van der Waals surface area (Å²) in [6.45, 7) is 8.14. The zero-order chi connectivity index (χ0) is 15.3. The summed E-state index contributed by atoms with van der Waals surface area (Å²) in [4.78, 5) is 0. The van der Waals surface area contributed by atoms with Crippen molar-refractivity contribution in [1.82, 2.24) is 0 Å². The van der Waals surface area contributed by atoms with Crippen LogP contribution in [0.4, 0.5) is 0 Å². The van der Waals surface area contributed by atoms with Crippen LogP contribution in [0, 0.1) is 5.41 Å². The first kappa shape index (κ1) is 14.1. The molecule has 21 heavy (non-hydrogen) atoms. The van der Waals surface area contributed by atoms with Crippen molar-refractivity contribution in [3.63, 3.8) is 0 Å². The lowest BCUT2D eigenvalue weighted by molar-refractivity contribution is 0.00578. The molecule has 2 aliphatic rings. The van der Waals surface area contributed by atoms with Crippen molar-refractivity contribution in [3.8, 4) is 5.75 Å². The van der Waals surface area contributed by atoms with E-state index in [1.165, 1.54) is 0 Å². The number of hydrogen-bond acceptors (Lipinski definition) is 4. The van der Waals surface area contributed by atoms with Gasteiger partial charge in [-0.25, -0.2) is 0 Å². The normalized spacial score (nSPS) is 21.5. The highest BCUT2D eigenvalue weighted by Crippen LogP contribution is 2.36. The second kappa shape index (κ2) is 4.60. The number of ether oxygens (including phenoxy) is 1. The molecule has 0 unspecified atom stereocenters. The Morgan fingerprint density at radius 3 is 2.43 bits per heavy atom. The Bertz CT molecular complexity index is 656. The molecule has 1 fully saturated rings. The minimum atomic E-state index is -0.387. The molecule has 0 amide bonds. The van der Waals surface area contributed by atoms with Gasteiger partial charge < -0.3 is 19.5 Å². The summed E-state index contributed by atoms with van der Waals surface area (Å²) in [7, 11) is -0.387. The van der Waals surface area contributed by atoms with Crippen LogP contribution in [0.5, 0.6) is 5.75 Å². The summed E-state index contributed by atoms with van der Waals surface area (Å²) in [5.41, 5.74) is 4.07.